The molecule has 7 nitrogen and oxygen atoms in total. The lowest BCUT2D eigenvalue weighted by Crippen LogP contribution is -2.46. The molecule has 1 aromatic heterocycles. The average Bonchev–Trinajstić information content (AvgIpc) is 2.99. The van der Waals surface area contributed by atoms with E-state index in [1.165, 1.54) is 24.4 Å². The van der Waals surface area contributed by atoms with Crippen molar-refractivity contribution in [3.63, 3.8) is 0 Å². The fourth-order valence-electron chi connectivity index (χ4n) is 2.14. The van der Waals surface area contributed by atoms with Crippen molar-refractivity contribution in [2.24, 2.45) is 5.92 Å². The van der Waals surface area contributed by atoms with Gasteiger partial charge in [-0.05, 0) is 30.5 Å². The summed E-state index contributed by atoms with van der Waals surface area (Å²) >= 11 is 0. The molecule has 2 aromatic rings. The summed E-state index contributed by atoms with van der Waals surface area (Å²) in [6.45, 7) is 3.89. The van der Waals surface area contributed by atoms with E-state index >= 15 is 0 Å². The van der Waals surface area contributed by atoms with Crippen LogP contribution < -0.4 is 16.0 Å². The van der Waals surface area contributed by atoms with Crippen molar-refractivity contribution in [2.45, 2.75) is 26.3 Å². The molecule has 0 fully saturated rings. The fourth-order valence-corrected chi connectivity index (χ4v) is 2.14. The smallest absolute Gasteiger partial charge is 0.319 e. The van der Waals surface area contributed by atoms with Crippen molar-refractivity contribution in [2.75, 3.05) is 10.6 Å². The molecule has 1 heterocycles. The van der Waals surface area contributed by atoms with E-state index in [0.29, 0.717) is 17.9 Å². The van der Waals surface area contributed by atoms with E-state index in [2.05, 4.69) is 26.1 Å². The first-order valence-corrected chi connectivity index (χ1v) is 7.57. The molecule has 2 rings (SSSR count). The van der Waals surface area contributed by atoms with Crippen LogP contribution in [0.1, 0.15) is 20.3 Å². The fraction of sp³-hybridized carbons (Fsp3) is 0.312. The topological polar surface area (TPSA) is 98.9 Å². The molecule has 0 aliphatic rings. The largest absolute Gasteiger partial charge is 0.326 e. The van der Waals surface area contributed by atoms with Crippen LogP contribution in [0.4, 0.5) is 20.7 Å². The van der Waals surface area contributed by atoms with E-state index in [4.69, 9.17) is 0 Å². The number of nitrogens with zero attached hydrogens (tertiary/aromatic N) is 1. The summed E-state index contributed by atoms with van der Waals surface area (Å²) in [5, 5.41) is 14.1. The Labute approximate surface area is 139 Å². The number of benzene rings is 1. The third-order valence-electron chi connectivity index (χ3n) is 3.17. The number of hydrogen-bond acceptors (Lipinski definition) is 3. The van der Waals surface area contributed by atoms with Crippen molar-refractivity contribution < 1.29 is 14.0 Å². The van der Waals surface area contributed by atoms with Gasteiger partial charge in [-0.1, -0.05) is 19.9 Å². The quantitative estimate of drug-likeness (QED) is 0.654. The average molecular weight is 333 g/mol. The highest BCUT2D eigenvalue weighted by Crippen LogP contribution is 2.11. The van der Waals surface area contributed by atoms with E-state index in [0.717, 1.165) is 0 Å². The molecule has 1 atom stereocenters. The maximum Gasteiger partial charge on any atom is 0.319 e. The van der Waals surface area contributed by atoms with Gasteiger partial charge in [0.25, 0.3) is 0 Å². The normalized spacial score (nSPS) is 11.8. The van der Waals surface area contributed by atoms with Crippen LogP contribution in [0.3, 0.4) is 0 Å². The van der Waals surface area contributed by atoms with E-state index in [1.807, 2.05) is 13.8 Å². The Morgan fingerprint density at radius 3 is 2.67 bits per heavy atom. The molecule has 0 saturated heterocycles. The van der Waals surface area contributed by atoms with Gasteiger partial charge in [-0.2, -0.15) is 5.10 Å². The van der Waals surface area contributed by atoms with Crippen LogP contribution in [0.15, 0.2) is 36.5 Å². The Balaban J connectivity index is 1.99. The molecule has 8 heteroatoms. The molecule has 3 amide bonds. The summed E-state index contributed by atoms with van der Waals surface area (Å²) < 4.78 is 13.1. The highest BCUT2D eigenvalue weighted by Gasteiger charge is 2.22. The lowest BCUT2D eigenvalue weighted by molar-refractivity contribution is -0.118. The Morgan fingerprint density at radius 2 is 2.04 bits per heavy atom. The van der Waals surface area contributed by atoms with Gasteiger partial charge in [-0.3, -0.25) is 9.89 Å². The van der Waals surface area contributed by atoms with Gasteiger partial charge in [0, 0.05) is 11.8 Å². The highest BCUT2D eigenvalue weighted by molar-refractivity contribution is 5.98. The molecule has 128 valence electrons. The molecular formula is C16H20FN5O2. The second-order valence-electron chi connectivity index (χ2n) is 5.75. The van der Waals surface area contributed by atoms with Crippen LogP contribution in [0.25, 0.3) is 0 Å². The van der Waals surface area contributed by atoms with Crippen molar-refractivity contribution in [1.29, 1.82) is 0 Å². The van der Waals surface area contributed by atoms with Gasteiger partial charge >= 0.3 is 6.03 Å². The Morgan fingerprint density at radius 1 is 1.25 bits per heavy atom. The third kappa shape index (κ3) is 5.38. The maximum absolute atomic E-state index is 13.1. The molecule has 0 aliphatic carbocycles. The second kappa shape index (κ2) is 8.09. The van der Waals surface area contributed by atoms with Gasteiger partial charge in [-0.15, -0.1) is 0 Å². The first kappa shape index (κ1) is 17.5. The molecule has 0 saturated carbocycles. The number of urea groups is 1. The SMILES string of the molecule is CC(C)C[C@H](NC(=O)Nc1cccc(F)c1)C(=O)Nc1ccn[nH]1. The Bertz CT molecular complexity index is 688. The van der Waals surface area contributed by atoms with Gasteiger partial charge in [-0.25, -0.2) is 9.18 Å². The first-order chi connectivity index (χ1) is 11.4. The first-order valence-electron chi connectivity index (χ1n) is 7.57. The lowest BCUT2D eigenvalue weighted by Gasteiger charge is -2.20. The summed E-state index contributed by atoms with van der Waals surface area (Å²) in [6, 6.07) is 5.82. The molecule has 0 spiro atoms. The second-order valence-corrected chi connectivity index (χ2v) is 5.75. The highest BCUT2D eigenvalue weighted by atomic mass is 19.1. The van der Waals surface area contributed by atoms with Crippen LogP contribution in [0, 0.1) is 11.7 Å². The van der Waals surface area contributed by atoms with Crippen molar-refractivity contribution >= 4 is 23.4 Å². The predicted octanol–water partition coefficient (Wildman–Crippen LogP) is 2.72. The van der Waals surface area contributed by atoms with E-state index in [-0.39, 0.29) is 11.8 Å². The number of H-pyrrole nitrogens is 1. The number of aromatic nitrogens is 2. The summed E-state index contributed by atoms with van der Waals surface area (Å²) in [6.07, 6.45) is 1.97. The van der Waals surface area contributed by atoms with Crippen molar-refractivity contribution in [3.05, 3.63) is 42.3 Å². The number of hydrogen-bond donors (Lipinski definition) is 4. The monoisotopic (exact) mass is 333 g/mol. The number of rotatable bonds is 6. The minimum Gasteiger partial charge on any atom is -0.326 e. The number of amides is 3. The van der Waals surface area contributed by atoms with Gasteiger partial charge < -0.3 is 16.0 Å². The zero-order valence-electron chi connectivity index (χ0n) is 13.5. The number of anilines is 2. The molecule has 4 N–H and O–H groups in total. The number of halogens is 1. The zero-order valence-corrected chi connectivity index (χ0v) is 13.5. The maximum atomic E-state index is 13.1. The number of carbonyl (C=O) groups excluding carboxylic acids is 2. The summed E-state index contributed by atoms with van der Waals surface area (Å²) in [5.74, 6) is -0.177. The summed E-state index contributed by atoms with van der Waals surface area (Å²) in [4.78, 5) is 24.4. The van der Waals surface area contributed by atoms with E-state index < -0.39 is 17.9 Å². The molecule has 1 aromatic carbocycles. The summed E-state index contributed by atoms with van der Waals surface area (Å²) in [5.41, 5.74) is 0.310. The van der Waals surface area contributed by atoms with Crippen molar-refractivity contribution in [1.82, 2.24) is 15.5 Å². The minimum atomic E-state index is -0.734. The Kier molecular flexibility index (Phi) is 5.89. The third-order valence-corrected chi connectivity index (χ3v) is 3.17. The van der Waals surface area contributed by atoms with Gasteiger partial charge in [0.15, 0.2) is 0 Å². The van der Waals surface area contributed by atoms with Crippen LogP contribution in [-0.2, 0) is 4.79 Å². The minimum absolute atomic E-state index is 0.192. The molecule has 0 radical (unpaired) electrons. The zero-order chi connectivity index (χ0) is 17.5. The number of aromatic amines is 1. The summed E-state index contributed by atoms with van der Waals surface area (Å²) in [7, 11) is 0. The molecule has 0 aliphatic heterocycles. The molecule has 0 unspecified atom stereocenters. The molecule has 0 bridgehead atoms. The Hall–Kier alpha value is -2.90. The number of carbonyl (C=O) groups is 2. The van der Waals surface area contributed by atoms with E-state index in [1.54, 1.807) is 12.1 Å². The van der Waals surface area contributed by atoms with Crippen LogP contribution in [0.5, 0.6) is 0 Å². The number of nitrogens with one attached hydrogen (secondary N) is 4. The van der Waals surface area contributed by atoms with Gasteiger partial charge in [0.05, 0.1) is 6.20 Å². The lowest BCUT2D eigenvalue weighted by atomic mass is 10.0. The standard InChI is InChI=1S/C16H20FN5O2/c1-10(2)8-13(15(23)21-14-6-7-18-22-14)20-16(24)19-12-5-3-4-11(17)9-12/h3-7,9-10,13H,8H2,1-2H3,(H2,19,20,24)(H2,18,21,22,23)/t13-/m0/s1. The van der Waals surface area contributed by atoms with Crippen LogP contribution in [-0.4, -0.2) is 28.2 Å². The molecule has 24 heavy (non-hydrogen) atoms. The van der Waals surface area contributed by atoms with Crippen molar-refractivity contribution in [3.8, 4) is 0 Å². The molecular weight excluding hydrogens is 313 g/mol. The van der Waals surface area contributed by atoms with Crippen LogP contribution >= 0.6 is 0 Å². The van der Waals surface area contributed by atoms with Crippen LogP contribution in [0.2, 0.25) is 0 Å². The van der Waals surface area contributed by atoms with Gasteiger partial charge in [0.2, 0.25) is 5.91 Å². The van der Waals surface area contributed by atoms with Gasteiger partial charge in [0.1, 0.15) is 17.7 Å². The van der Waals surface area contributed by atoms with E-state index in [9.17, 15) is 14.0 Å². The predicted molar refractivity (Wildman–Crippen MR) is 89.0 cm³/mol.